The van der Waals surface area contributed by atoms with Crippen LogP contribution in [0.5, 0.6) is 5.75 Å². The number of rotatable bonds is 6. The molecular weight excluding hydrogens is 302 g/mol. The first kappa shape index (κ1) is 15.8. The molecule has 3 rings (SSSR count). The lowest BCUT2D eigenvalue weighted by Crippen LogP contribution is -2.25. The topological polar surface area (TPSA) is 56.1 Å². The zero-order valence-electron chi connectivity index (χ0n) is 13.5. The maximum atomic E-state index is 12.2. The molecular formula is C19H19N3O2. The molecule has 122 valence electrons. The van der Waals surface area contributed by atoms with E-state index in [0.29, 0.717) is 13.0 Å². The Labute approximate surface area is 140 Å². The van der Waals surface area contributed by atoms with Gasteiger partial charge in [0.25, 0.3) is 0 Å². The van der Waals surface area contributed by atoms with Gasteiger partial charge in [0.05, 0.1) is 25.5 Å². The Hall–Kier alpha value is -3.08. The summed E-state index contributed by atoms with van der Waals surface area (Å²) in [6.07, 6.45) is 5.71. The van der Waals surface area contributed by atoms with Gasteiger partial charge in [0.15, 0.2) is 0 Å². The van der Waals surface area contributed by atoms with Crippen LogP contribution in [0.15, 0.2) is 67.3 Å². The molecule has 0 fully saturated rings. The number of imidazole rings is 1. The Kier molecular flexibility index (Phi) is 4.91. The van der Waals surface area contributed by atoms with Crippen molar-refractivity contribution in [3.63, 3.8) is 0 Å². The van der Waals surface area contributed by atoms with Crippen LogP contribution in [0.3, 0.4) is 0 Å². The van der Waals surface area contributed by atoms with Crippen molar-refractivity contribution in [3.8, 4) is 11.4 Å². The van der Waals surface area contributed by atoms with Gasteiger partial charge in [0.2, 0.25) is 5.91 Å². The largest absolute Gasteiger partial charge is 0.497 e. The highest BCUT2D eigenvalue weighted by Crippen LogP contribution is 2.14. The molecule has 1 aromatic heterocycles. The predicted molar refractivity (Wildman–Crippen MR) is 92.1 cm³/mol. The first-order valence-electron chi connectivity index (χ1n) is 7.72. The summed E-state index contributed by atoms with van der Waals surface area (Å²) in [6.45, 7) is 0.476. The molecule has 0 aliphatic rings. The number of carbonyl (C=O) groups is 1. The number of carbonyl (C=O) groups excluding carboxylic acids is 1. The number of ether oxygens (including phenoxy) is 1. The second-order valence-electron chi connectivity index (χ2n) is 5.40. The maximum Gasteiger partial charge on any atom is 0.224 e. The summed E-state index contributed by atoms with van der Waals surface area (Å²) in [7, 11) is 1.62. The average molecular weight is 321 g/mol. The minimum atomic E-state index is -0.0133. The molecule has 5 nitrogen and oxygen atoms in total. The van der Waals surface area contributed by atoms with Gasteiger partial charge >= 0.3 is 0 Å². The SMILES string of the molecule is COc1ccc(CC(=O)NCc2ccccc2-n2ccnc2)cc1. The van der Waals surface area contributed by atoms with Crippen molar-refractivity contribution in [1.29, 1.82) is 0 Å². The van der Waals surface area contributed by atoms with Gasteiger partial charge in [-0.05, 0) is 29.3 Å². The highest BCUT2D eigenvalue weighted by molar-refractivity contribution is 5.78. The van der Waals surface area contributed by atoms with E-state index in [0.717, 1.165) is 22.6 Å². The van der Waals surface area contributed by atoms with Gasteiger partial charge in [0, 0.05) is 18.9 Å². The summed E-state index contributed by atoms with van der Waals surface area (Å²) in [5.74, 6) is 0.772. The number of aromatic nitrogens is 2. The fourth-order valence-electron chi connectivity index (χ4n) is 2.50. The first-order valence-corrected chi connectivity index (χ1v) is 7.72. The number of benzene rings is 2. The van der Waals surface area contributed by atoms with Crippen LogP contribution in [0.2, 0.25) is 0 Å². The van der Waals surface area contributed by atoms with E-state index in [4.69, 9.17) is 4.74 Å². The normalized spacial score (nSPS) is 10.4. The Bertz CT molecular complexity index is 796. The second-order valence-corrected chi connectivity index (χ2v) is 5.40. The minimum Gasteiger partial charge on any atom is -0.497 e. The molecule has 0 aliphatic heterocycles. The average Bonchev–Trinajstić information content (AvgIpc) is 3.15. The standard InChI is InChI=1S/C19H19N3O2/c1-24-17-8-6-15(7-9-17)12-19(23)21-13-16-4-2-3-5-18(16)22-11-10-20-14-22/h2-11,14H,12-13H2,1H3,(H,21,23). The van der Waals surface area contributed by atoms with Gasteiger partial charge < -0.3 is 14.6 Å². The molecule has 24 heavy (non-hydrogen) atoms. The third-order valence-corrected chi connectivity index (χ3v) is 3.77. The monoisotopic (exact) mass is 321 g/mol. The molecule has 0 radical (unpaired) electrons. The van der Waals surface area contributed by atoms with Gasteiger partial charge in [0.1, 0.15) is 5.75 Å². The van der Waals surface area contributed by atoms with Crippen molar-refractivity contribution in [2.75, 3.05) is 7.11 Å². The van der Waals surface area contributed by atoms with Crippen molar-refractivity contribution in [3.05, 3.63) is 78.4 Å². The molecule has 0 saturated carbocycles. The number of methoxy groups -OCH3 is 1. The van der Waals surface area contributed by atoms with E-state index >= 15 is 0 Å². The number of nitrogens with one attached hydrogen (secondary N) is 1. The molecule has 0 atom stereocenters. The number of nitrogens with zero attached hydrogens (tertiary/aromatic N) is 2. The number of hydrogen-bond donors (Lipinski definition) is 1. The summed E-state index contributed by atoms with van der Waals surface area (Å²) in [5.41, 5.74) is 3.01. The van der Waals surface area contributed by atoms with Crippen molar-refractivity contribution >= 4 is 5.91 Å². The molecule has 1 amide bonds. The van der Waals surface area contributed by atoms with Crippen LogP contribution < -0.4 is 10.1 Å². The summed E-state index contributed by atoms with van der Waals surface area (Å²) in [4.78, 5) is 16.2. The quantitative estimate of drug-likeness (QED) is 0.759. The van der Waals surface area contributed by atoms with E-state index in [9.17, 15) is 4.79 Å². The summed E-state index contributed by atoms with van der Waals surface area (Å²) in [6, 6.07) is 15.5. The molecule has 2 aromatic carbocycles. The lowest BCUT2D eigenvalue weighted by atomic mass is 10.1. The molecule has 1 N–H and O–H groups in total. The maximum absolute atomic E-state index is 12.2. The molecule has 0 unspecified atom stereocenters. The molecule has 0 aliphatic carbocycles. The van der Waals surface area contributed by atoms with E-state index in [2.05, 4.69) is 10.3 Å². The number of para-hydroxylation sites is 1. The molecule has 0 saturated heterocycles. The van der Waals surface area contributed by atoms with E-state index in [1.807, 2.05) is 59.3 Å². The Morgan fingerprint density at radius 3 is 2.67 bits per heavy atom. The van der Waals surface area contributed by atoms with E-state index in [1.54, 1.807) is 19.6 Å². The van der Waals surface area contributed by atoms with Crippen molar-refractivity contribution in [2.24, 2.45) is 0 Å². The highest BCUT2D eigenvalue weighted by atomic mass is 16.5. The fraction of sp³-hybridized carbons (Fsp3) is 0.158. The van der Waals surface area contributed by atoms with Crippen LogP contribution in [0.1, 0.15) is 11.1 Å². The van der Waals surface area contributed by atoms with Crippen LogP contribution in [0.4, 0.5) is 0 Å². The fourth-order valence-corrected chi connectivity index (χ4v) is 2.50. The zero-order chi connectivity index (χ0) is 16.8. The first-order chi connectivity index (χ1) is 11.8. The van der Waals surface area contributed by atoms with Crippen LogP contribution in [0.25, 0.3) is 5.69 Å². The van der Waals surface area contributed by atoms with Crippen LogP contribution >= 0.6 is 0 Å². The Morgan fingerprint density at radius 2 is 1.96 bits per heavy atom. The predicted octanol–water partition coefficient (Wildman–Crippen LogP) is 2.74. The smallest absolute Gasteiger partial charge is 0.224 e. The third kappa shape index (κ3) is 3.81. The van der Waals surface area contributed by atoms with Gasteiger partial charge in [-0.2, -0.15) is 0 Å². The van der Waals surface area contributed by atoms with Gasteiger partial charge in [-0.25, -0.2) is 4.98 Å². The lowest BCUT2D eigenvalue weighted by Gasteiger charge is -2.11. The molecule has 0 bridgehead atoms. The van der Waals surface area contributed by atoms with Gasteiger partial charge in [-0.15, -0.1) is 0 Å². The van der Waals surface area contributed by atoms with Crippen molar-refractivity contribution in [2.45, 2.75) is 13.0 Å². The van der Waals surface area contributed by atoms with Gasteiger partial charge in [-0.1, -0.05) is 30.3 Å². The van der Waals surface area contributed by atoms with E-state index < -0.39 is 0 Å². The van der Waals surface area contributed by atoms with Gasteiger partial charge in [-0.3, -0.25) is 4.79 Å². The summed E-state index contributed by atoms with van der Waals surface area (Å²) in [5, 5.41) is 2.97. The summed E-state index contributed by atoms with van der Waals surface area (Å²) >= 11 is 0. The second kappa shape index (κ2) is 7.46. The number of amides is 1. The summed E-state index contributed by atoms with van der Waals surface area (Å²) < 4.78 is 7.06. The Balaban J connectivity index is 1.62. The van der Waals surface area contributed by atoms with E-state index in [1.165, 1.54) is 0 Å². The van der Waals surface area contributed by atoms with Crippen LogP contribution in [-0.4, -0.2) is 22.6 Å². The van der Waals surface area contributed by atoms with Crippen LogP contribution in [-0.2, 0) is 17.8 Å². The van der Waals surface area contributed by atoms with Crippen molar-refractivity contribution < 1.29 is 9.53 Å². The minimum absolute atomic E-state index is 0.0133. The Morgan fingerprint density at radius 1 is 1.17 bits per heavy atom. The molecule has 3 aromatic rings. The molecule has 5 heteroatoms. The molecule has 0 spiro atoms. The third-order valence-electron chi connectivity index (χ3n) is 3.77. The van der Waals surface area contributed by atoms with Crippen molar-refractivity contribution in [1.82, 2.24) is 14.9 Å². The number of hydrogen-bond acceptors (Lipinski definition) is 3. The van der Waals surface area contributed by atoms with E-state index in [-0.39, 0.29) is 5.91 Å². The van der Waals surface area contributed by atoms with Crippen LogP contribution in [0, 0.1) is 0 Å². The highest BCUT2D eigenvalue weighted by Gasteiger charge is 2.07. The lowest BCUT2D eigenvalue weighted by molar-refractivity contribution is -0.120. The molecule has 1 heterocycles. The zero-order valence-corrected chi connectivity index (χ0v) is 13.5.